The Labute approximate surface area is 141 Å². The maximum Gasteiger partial charge on any atom is 0.251 e. The van der Waals surface area contributed by atoms with Crippen LogP contribution in [-0.2, 0) is 20.7 Å². The third-order valence-electron chi connectivity index (χ3n) is 4.61. The predicted octanol–water partition coefficient (Wildman–Crippen LogP) is 1.61. The van der Waals surface area contributed by atoms with Crippen molar-refractivity contribution in [3.05, 3.63) is 35.6 Å². The lowest BCUT2D eigenvalue weighted by atomic mass is 10.1. The number of hydrogen-bond acceptors (Lipinski definition) is 3. The maximum atomic E-state index is 13.2. The lowest BCUT2D eigenvalue weighted by molar-refractivity contribution is -0.141. The second kappa shape index (κ2) is 7.75. The van der Waals surface area contributed by atoms with Gasteiger partial charge in [-0.25, -0.2) is 4.39 Å². The summed E-state index contributed by atoms with van der Waals surface area (Å²) in [7, 11) is 0. The van der Waals surface area contributed by atoms with E-state index in [1.165, 1.54) is 12.1 Å². The van der Waals surface area contributed by atoms with E-state index in [9.17, 15) is 14.0 Å². The molecule has 5 nitrogen and oxygen atoms in total. The van der Waals surface area contributed by atoms with E-state index >= 15 is 0 Å². The van der Waals surface area contributed by atoms with Gasteiger partial charge in [-0.3, -0.25) is 9.59 Å². The number of ether oxygens (including phenoxy) is 1. The van der Waals surface area contributed by atoms with Crippen LogP contribution in [0.5, 0.6) is 0 Å². The zero-order chi connectivity index (χ0) is 16.9. The van der Waals surface area contributed by atoms with Crippen molar-refractivity contribution >= 4 is 11.8 Å². The monoisotopic (exact) mass is 334 g/mol. The molecule has 130 valence electrons. The molecule has 0 aromatic heterocycles. The van der Waals surface area contributed by atoms with Crippen LogP contribution >= 0.6 is 0 Å². The van der Waals surface area contributed by atoms with Crippen molar-refractivity contribution in [1.29, 1.82) is 0 Å². The second-order valence-corrected chi connectivity index (χ2v) is 6.37. The Morgan fingerprint density at radius 1 is 1.12 bits per heavy atom. The van der Waals surface area contributed by atoms with E-state index in [1.807, 2.05) is 4.90 Å². The lowest BCUT2D eigenvalue weighted by Gasteiger charge is -2.24. The minimum Gasteiger partial charge on any atom is -0.368 e. The summed E-state index contributed by atoms with van der Waals surface area (Å²) in [5.41, 5.74) is 0.677. The van der Waals surface area contributed by atoms with Gasteiger partial charge >= 0.3 is 0 Å². The second-order valence-electron chi connectivity index (χ2n) is 6.37. The molecular formula is C18H23FN2O3. The Hall–Kier alpha value is -1.95. The van der Waals surface area contributed by atoms with Crippen LogP contribution in [0.3, 0.4) is 0 Å². The number of carbonyl (C=O) groups excluding carboxylic acids is 2. The number of benzene rings is 1. The summed E-state index contributed by atoms with van der Waals surface area (Å²) in [4.78, 5) is 28.4. The van der Waals surface area contributed by atoms with Gasteiger partial charge in [0.15, 0.2) is 0 Å². The first-order valence-electron chi connectivity index (χ1n) is 8.56. The molecule has 2 heterocycles. The van der Waals surface area contributed by atoms with Gasteiger partial charge in [0.1, 0.15) is 11.9 Å². The van der Waals surface area contributed by atoms with E-state index in [0.29, 0.717) is 38.3 Å². The molecule has 0 aliphatic carbocycles. The molecule has 1 atom stereocenters. The summed E-state index contributed by atoms with van der Waals surface area (Å²) >= 11 is 0. The molecular weight excluding hydrogens is 311 g/mol. The Kier molecular flexibility index (Phi) is 5.45. The van der Waals surface area contributed by atoms with E-state index < -0.39 is 0 Å². The summed E-state index contributed by atoms with van der Waals surface area (Å²) in [6.07, 6.45) is 2.37. The zero-order valence-corrected chi connectivity index (χ0v) is 13.7. The molecule has 0 N–H and O–H groups in total. The van der Waals surface area contributed by atoms with Crippen LogP contribution in [0.15, 0.2) is 24.3 Å². The molecule has 3 rings (SSSR count). The van der Waals surface area contributed by atoms with Crippen LogP contribution in [0.2, 0.25) is 0 Å². The SMILES string of the molecule is O=C(Cc1cccc(F)c1)N1CCCN(C(=O)C2CCCO2)CC1. The minimum absolute atomic E-state index is 0.0213. The topological polar surface area (TPSA) is 49.9 Å². The molecule has 1 aromatic rings. The van der Waals surface area contributed by atoms with Gasteiger partial charge in [-0.15, -0.1) is 0 Å². The largest absolute Gasteiger partial charge is 0.368 e. The lowest BCUT2D eigenvalue weighted by Crippen LogP contribution is -2.42. The van der Waals surface area contributed by atoms with Crippen molar-refractivity contribution in [3.8, 4) is 0 Å². The minimum atomic E-state index is -0.329. The fourth-order valence-corrected chi connectivity index (χ4v) is 3.30. The highest BCUT2D eigenvalue weighted by Gasteiger charge is 2.30. The van der Waals surface area contributed by atoms with E-state index in [1.54, 1.807) is 17.0 Å². The molecule has 0 bridgehead atoms. The van der Waals surface area contributed by atoms with Crippen molar-refractivity contribution in [3.63, 3.8) is 0 Å². The van der Waals surface area contributed by atoms with Gasteiger partial charge in [0.05, 0.1) is 6.42 Å². The van der Waals surface area contributed by atoms with Crippen LogP contribution in [0.1, 0.15) is 24.8 Å². The quantitative estimate of drug-likeness (QED) is 0.844. The Bertz CT molecular complexity index is 602. The highest BCUT2D eigenvalue weighted by atomic mass is 19.1. The number of nitrogens with zero attached hydrogens (tertiary/aromatic N) is 2. The average molecular weight is 334 g/mol. The Morgan fingerprint density at radius 3 is 2.67 bits per heavy atom. The summed E-state index contributed by atoms with van der Waals surface area (Å²) in [6, 6.07) is 6.13. The molecule has 2 amide bonds. The van der Waals surface area contributed by atoms with E-state index in [-0.39, 0.29) is 30.2 Å². The van der Waals surface area contributed by atoms with Crippen molar-refractivity contribution in [2.24, 2.45) is 0 Å². The molecule has 1 aromatic carbocycles. The van der Waals surface area contributed by atoms with Crippen molar-refractivity contribution < 1.29 is 18.7 Å². The van der Waals surface area contributed by atoms with Crippen LogP contribution in [-0.4, -0.2) is 60.5 Å². The molecule has 2 saturated heterocycles. The van der Waals surface area contributed by atoms with Crippen LogP contribution in [0, 0.1) is 5.82 Å². The molecule has 6 heteroatoms. The maximum absolute atomic E-state index is 13.2. The fourth-order valence-electron chi connectivity index (χ4n) is 3.30. The van der Waals surface area contributed by atoms with Gasteiger partial charge < -0.3 is 14.5 Å². The fraction of sp³-hybridized carbons (Fsp3) is 0.556. The first-order chi connectivity index (χ1) is 11.6. The summed E-state index contributed by atoms with van der Waals surface area (Å²) < 4.78 is 18.7. The summed E-state index contributed by atoms with van der Waals surface area (Å²) in [5.74, 6) is -0.302. The van der Waals surface area contributed by atoms with Crippen molar-refractivity contribution in [2.45, 2.75) is 31.8 Å². The molecule has 1 unspecified atom stereocenters. The van der Waals surface area contributed by atoms with Gasteiger partial charge in [0, 0.05) is 32.8 Å². The van der Waals surface area contributed by atoms with Crippen LogP contribution in [0.4, 0.5) is 4.39 Å². The third kappa shape index (κ3) is 4.12. The average Bonchev–Trinajstić information content (AvgIpc) is 2.98. The molecule has 0 radical (unpaired) electrons. The van der Waals surface area contributed by atoms with E-state index in [4.69, 9.17) is 4.74 Å². The molecule has 0 saturated carbocycles. The molecule has 24 heavy (non-hydrogen) atoms. The number of hydrogen-bond donors (Lipinski definition) is 0. The van der Waals surface area contributed by atoms with Gasteiger partial charge in [-0.05, 0) is 37.0 Å². The highest BCUT2D eigenvalue weighted by molar-refractivity contribution is 5.82. The summed E-state index contributed by atoms with van der Waals surface area (Å²) in [5, 5.41) is 0. The van der Waals surface area contributed by atoms with Gasteiger partial charge in [-0.1, -0.05) is 12.1 Å². The third-order valence-corrected chi connectivity index (χ3v) is 4.61. The van der Waals surface area contributed by atoms with E-state index in [2.05, 4.69) is 0 Å². The van der Waals surface area contributed by atoms with Crippen LogP contribution in [0.25, 0.3) is 0 Å². The van der Waals surface area contributed by atoms with Crippen molar-refractivity contribution in [1.82, 2.24) is 9.80 Å². The van der Waals surface area contributed by atoms with E-state index in [0.717, 1.165) is 19.3 Å². The number of rotatable bonds is 3. The Morgan fingerprint density at radius 2 is 1.92 bits per heavy atom. The number of halogens is 1. The van der Waals surface area contributed by atoms with Crippen molar-refractivity contribution in [2.75, 3.05) is 32.8 Å². The first-order valence-corrected chi connectivity index (χ1v) is 8.56. The Balaban J connectivity index is 1.54. The molecule has 0 spiro atoms. The molecule has 2 fully saturated rings. The van der Waals surface area contributed by atoms with Gasteiger partial charge in [-0.2, -0.15) is 0 Å². The first kappa shape index (κ1) is 16.9. The standard InChI is InChI=1S/C18H23FN2O3/c19-15-5-1-4-14(12-15)13-17(22)20-7-3-8-21(10-9-20)18(23)16-6-2-11-24-16/h1,4-5,12,16H,2-3,6-11,13H2. The number of carbonyl (C=O) groups is 2. The van der Waals surface area contributed by atoms with Crippen LogP contribution < -0.4 is 0 Å². The van der Waals surface area contributed by atoms with Gasteiger partial charge in [0.25, 0.3) is 5.91 Å². The number of amides is 2. The molecule has 2 aliphatic rings. The predicted molar refractivity (Wildman–Crippen MR) is 86.9 cm³/mol. The normalized spacial score (nSPS) is 21.6. The van der Waals surface area contributed by atoms with Gasteiger partial charge in [0.2, 0.25) is 5.91 Å². The summed E-state index contributed by atoms with van der Waals surface area (Å²) in [6.45, 7) is 2.99. The smallest absolute Gasteiger partial charge is 0.251 e. The zero-order valence-electron chi connectivity index (χ0n) is 13.7. The highest BCUT2D eigenvalue weighted by Crippen LogP contribution is 2.16. The molecule has 2 aliphatic heterocycles.